The Balaban J connectivity index is 0.00000385. The number of benzene rings is 1. The van der Waals surface area contributed by atoms with E-state index in [1.807, 2.05) is 26.8 Å². The first-order chi connectivity index (χ1) is 15.0. The maximum atomic E-state index is 12.9. The van der Waals surface area contributed by atoms with Gasteiger partial charge in [0.15, 0.2) is 5.69 Å². The molecule has 1 heterocycles. The van der Waals surface area contributed by atoms with Crippen molar-refractivity contribution in [2.24, 2.45) is 10.8 Å². The van der Waals surface area contributed by atoms with Crippen molar-refractivity contribution in [3.63, 3.8) is 0 Å². The Morgan fingerprint density at radius 1 is 1.19 bits per heavy atom. The van der Waals surface area contributed by atoms with Gasteiger partial charge in [0.2, 0.25) is 0 Å². The summed E-state index contributed by atoms with van der Waals surface area (Å²) >= 11 is 0. The number of aromatic nitrogens is 2. The Bertz CT molecular complexity index is 1010. The molecule has 1 aromatic heterocycles. The van der Waals surface area contributed by atoms with Gasteiger partial charge in [-0.05, 0) is 37.1 Å². The van der Waals surface area contributed by atoms with Gasteiger partial charge >= 0.3 is 0 Å². The Morgan fingerprint density at radius 2 is 1.88 bits per heavy atom. The first-order valence-electron chi connectivity index (χ1n) is 11.0. The highest BCUT2D eigenvalue weighted by Crippen LogP contribution is 2.55. The summed E-state index contributed by atoms with van der Waals surface area (Å²) in [7, 11) is 0. The lowest BCUT2D eigenvalue weighted by Gasteiger charge is -2.63. The van der Waals surface area contributed by atoms with Crippen molar-refractivity contribution in [3.05, 3.63) is 47.3 Å². The molecule has 0 unspecified atom stereocenters. The third-order valence-corrected chi connectivity index (χ3v) is 6.25. The van der Waals surface area contributed by atoms with E-state index in [2.05, 4.69) is 49.3 Å². The second-order valence-electron chi connectivity index (χ2n) is 9.75. The zero-order valence-electron chi connectivity index (χ0n) is 19.9. The highest BCUT2D eigenvalue weighted by Gasteiger charge is 2.64. The third-order valence-electron chi connectivity index (χ3n) is 6.25. The normalized spacial score (nSPS) is 20.7. The molecule has 0 radical (unpaired) electrons. The summed E-state index contributed by atoms with van der Waals surface area (Å²) in [5, 5.41) is 20.7. The molecule has 3 rings (SSSR count). The topological polar surface area (TPSA) is 97.1 Å². The van der Waals surface area contributed by atoms with Crippen LogP contribution >= 0.6 is 0 Å². The van der Waals surface area contributed by atoms with Crippen LogP contribution in [0.1, 0.15) is 77.6 Å². The molecule has 1 saturated carbocycles. The highest BCUT2D eigenvalue weighted by molar-refractivity contribution is 5.92. The van der Waals surface area contributed by atoms with Gasteiger partial charge in [0.1, 0.15) is 23.7 Å². The first-order valence-corrected chi connectivity index (χ1v) is 11.0. The van der Waals surface area contributed by atoms with E-state index in [1.165, 1.54) is 0 Å². The number of hydrogen-bond acceptors (Lipinski definition) is 6. The Morgan fingerprint density at radius 3 is 2.41 bits per heavy atom. The van der Waals surface area contributed by atoms with E-state index in [0.717, 1.165) is 5.69 Å². The lowest BCUT2D eigenvalue weighted by Crippen LogP contribution is -2.74. The number of carbonyl (C=O) groups is 1. The van der Waals surface area contributed by atoms with Crippen LogP contribution in [-0.2, 0) is 0 Å². The predicted octanol–water partition coefficient (Wildman–Crippen LogP) is 4.73. The summed E-state index contributed by atoms with van der Waals surface area (Å²) in [6.07, 6.45) is -0.155. The molecule has 0 atom stereocenters. The Labute approximate surface area is 191 Å². The first kappa shape index (κ1) is 23.5. The standard InChI is InChI=1S/C25H32N4O3.H2/c1-8-31-20-13-17(10-9-16(20)14-26)32-23-24(4,5)22(25(23,6)7)27-21(30)19-12-11-18(15(2)3)28-29-19;/h9-13,15,22-23H,8H2,1-7H3,(H,27,30);1H. The number of carbonyl (C=O) groups excluding carboxylic acids is 1. The Kier molecular flexibility index (Phi) is 6.45. The van der Waals surface area contributed by atoms with Gasteiger partial charge in [0.25, 0.3) is 5.91 Å². The van der Waals surface area contributed by atoms with Crippen molar-refractivity contribution in [2.75, 3.05) is 6.61 Å². The fourth-order valence-corrected chi connectivity index (χ4v) is 4.86. The largest absolute Gasteiger partial charge is 0.492 e. The molecular formula is C25H34N4O3. The lowest BCUT2D eigenvalue weighted by atomic mass is 9.49. The number of rotatable bonds is 7. The molecule has 2 aromatic rings. The summed E-state index contributed by atoms with van der Waals surface area (Å²) in [6.45, 7) is 14.7. The average Bonchev–Trinajstić information content (AvgIpc) is 2.75. The van der Waals surface area contributed by atoms with Crippen molar-refractivity contribution in [2.45, 2.75) is 66.5 Å². The molecule has 7 heteroatoms. The van der Waals surface area contributed by atoms with Gasteiger partial charge in [-0.2, -0.15) is 10.4 Å². The summed E-state index contributed by atoms with van der Waals surface area (Å²) in [4.78, 5) is 12.9. The Hall–Kier alpha value is -3.14. The van der Waals surface area contributed by atoms with Crippen molar-refractivity contribution in [1.29, 1.82) is 5.26 Å². The van der Waals surface area contributed by atoms with E-state index in [4.69, 9.17) is 9.47 Å². The third kappa shape index (κ3) is 4.27. The molecule has 32 heavy (non-hydrogen) atoms. The summed E-state index contributed by atoms with van der Waals surface area (Å²) in [6, 6.07) is 10.8. The smallest absolute Gasteiger partial charge is 0.272 e. The van der Waals surface area contributed by atoms with Crippen molar-refractivity contribution in [1.82, 2.24) is 15.5 Å². The molecule has 1 N–H and O–H groups in total. The fraction of sp³-hybridized carbons (Fsp3) is 0.520. The van der Waals surface area contributed by atoms with Crippen LogP contribution in [0.4, 0.5) is 0 Å². The second kappa shape index (κ2) is 8.78. The van der Waals surface area contributed by atoms with Crippen molar-refractivity contribution in [3.8, 4) is 17.6 Å². The molecule has 1 aliphatic carbocycles. The molecule has 7 nitrogen and oxygen atoms in total. The number of hydrogen-bond donors (Lipinski definition) is 1. The van der Waals surface area contributed by atoms with Gasteiger partial charge in [-0.3, -0.25) is 4.79 Å². The molecule has 1 fully saturated rings. The van der Waals surface area contributed by atoms with Gasteiger partial charge in [-0.1, -0.05) is 41.5 Å². The molecule has 0 saturated heterocycles. The van der Waals surface area contributed by atoms with Gasteiger partial charge in [-0.25, -0.2) is 0 Å². The molecular weight excluding hydrogens is 404 g/mol. The van der Waals surface area contributed by atoms with E-state index >= 15 is 0 Å². The van der Waals surface area contributed by atoms with Gasteiger partial charge < -0.3 is 14.8 Å². The van der Waals surface area contributed by atoms with E-state index in [1.54, 1.807) is 24.3 Å². The van der Waals surface area contributed by atoms with Crippen molar-refractivity contribution >= 4 is 5.91 Å². The van der Waals surface area contributed by atoms with Crippen LogP contribution in [0.25, 0.3) is 0 Å². The molecule has 0 bridgehead atoms. The maximum absolute atomic E-state index is 12.9. The highest BCUT2D eigenvalue weighted by atomic mass is 16.5. The van der Waals surface area contributed by atoms with Crippen LogP contribution in [0.5, 0.6) is 11.5 Å². The van der Waals surface area contributed by atoms with Gasteiger partial charge in [0.05, 0.1) is 17.9 Å². The number of nitrogens with one attached hydrogen (secondary N) is 1. The van der Waals surface area contributed by atoms with Crippen LogP contribution in [0.15, 0.2) is 30.3 Å². The van der Waals surface area contributed by atoms with E-state index in [9.17, 15) is 10.1 Å². The minimum atomic E-state index is -0.329. The molecule has 1 amide bonds. The second-order valence-corrected chi connectivity index (χ2v) is 9.75. The SMILES string of the molecule is CCOc1cc(OC2C(C)(C)C(NC(=O)c3ccc(C(C)C)nn3)C2(C)C)ccc1C#N.[HH]. The van der Waals surface area contributed by atoms with Gasteiger partial charge in [0, 0.05) is 24.4 Å². The van der Waals surface area contributed by atoms with E-state index in [0.29, 0.717) is 29.4 Å². The predicted molar refractivity (Wildman–Crippen MR) is 124 cm³/mol. The number of nitrogens with zero attached hydrogens (tertiary/aromatic N) is 3. The van der Waals surface area contributed by atoms with Crippen LogP contribution in [0.2, 0.25) is 0 Å². The quantitative estimate of drug-likeness (QED) is 0.671. The fourth-order valence-electron chi connectivity index (χ4n) is 4.86. The maximum Gasteiger partial charge on any atom is 0.272 e. The molecule has 0 spiro atoms. The van der Waals surface area contributed by atoms with Gasteiger partial charge in [-0.15, -0.1) is 5.10 Å². The van der Waals surface area contributed by atoms with Crippen LogP contribution in [0.3, 0.4) is 0 Å². The summed E-state index contributed by atoms with van der Waals surface area (Å²) in [5.41, 5.74) is 0.974. The van der Waals surface area contributed by atoms with Crippen molar-refractivity contribution < 1.29 is 15.7 Å². The summed E-state index contributed by atoms with van der Waals surface area (Å²) < 4.78 is 11.9. The number of ether oxygens (including phenoxy) is 2. The zero-order valence-corrected chi connectivity index (χ0v) is 19.9. The molecule has 0 aliphatic heterocycles. The summed E-state index contributed by atoms with van der Waals surface area (Å²) in [5.74, 6) is 1.16. The minimum Gasteiger partial charge on any atom is -0.492 e. The zero-order chi connectivity index (χ0) is 23.7. The minimum absolute atomic E-state index is 0. The van der Waals surface area contributed by atoms with Crippen LogP contribution in [-0.4, -0.2) is 34.9 Å². The number of nitriles is 1. The average molecular weight is 439 g/mol. The van der Waals surface area contributed by atoms with Crippen LogP contribution in [0, 0.1) is 22.2 Å². The monoisotopic (exact) mass is 438 g/mol. The molecule has 1 aromatic carbocycles. The molecule has 1 aliphatic rings. The van der Waals surface area contributed by atoms with E-state index < -0.39 is 0 Å². The van der Waals surface area contributed by atoms with Crippen LogP contribution < -0.4 is 14.8 Å². The van der Waals surface area contributed by atoms with E-state index in [-0.39, 0.29) is 36.2 Å². The number of amides is 1. The lowest BCUT2D eigenvalue weighted by molar-refractivity contribution is -0.164. The molecule has 172 valence electrons.